The van der Waals surface area contributed by atoms with Crippen LogP contribution in [0.15, 0.2) is 22.7 Å². The highest BCUT2D eigenvalue weighted by atomic mass is 35.5. The van der Waals surface area contributed by atoms with Gasteiger partial charge < -0.3 is 31.0 Å². The van der Waals surface area contributed by atoms with Crippen LogP contribution >= 0.6 is 35.5 Å². The summed E-state index contributed by atoms with van der Waals surface area (Å²) in [7, 11) is 0. The first kappa shape index (κ1) is 31.9. The number of anilines is 1. The second-order valence-corrected chi connectivity index (χ2v) is 11.2. The number of nitrogens with zero attached hydrogens (tertiary/aromatic N) is 2. The number of nitrogen functional groups attached to an aromatic ring is 1. The Kier molecular flexibility index (Phi) is 10.8. The zero-order valence-electron chi connectivity index (χ0n) is 21.7. The van der Waals surface area contributed by atoms with E-state index in [1.54, 1.807) is 32.2 Å². The number of primary amides is 1. The molecule has 1 aromatic heterocycles. The predicted molar refractivity (Wildman–Crippen MR) is 146 cm³/mol. The van der Waals surface area contributed by atoms with E-state index in [4.69, 9.17) is 25.7 Å². The molecule has 0 bridgehead atoms. The maximum atomic E-state index is 13.1. The van der Waals surface area contributed by atoms with Crippen LogP contribution in [0, 0.1) is 5.41 Å². The lowest BCUT2D eigenvalue weighted by molar-refractivity contribution is -0.173. The molecule has 2 aliphatic heterocycles. The number of carbonyl (C=O) groups excluding carboxylic acids is 5. The molecule has 2 atom stereocenters. The summed E-state index contributed by atoms with van der Waals surface area (Å²) >= 11 is 2.45. The van der Waals surface area contributed by atoms with Crippen LogP contribution in [0.4, 0.5) is 9.93 Å². The van der Waals surface area contributed by atoms with Gasteiger partial charge in [0.15, 0.2) is 5.13 Å². The van der Waals surface area contributed by atoms with Crippen LogP contribution in [-0.4, -0.2) is 70.3 Å². The van der Waals surface area contributed by atoms with Crippen molar-refractivity contribution < 1.29 is 38.2 Å². The van der Waals surface area contributed by atoms with Crippen molar-refractivity contribution in [2.75, 3.05) is 24.9 Å². The number of allylic oxidation sites excluding steroid dienone is 1. The topological polar surface area (TPSA) is 193 Å². The molecular formula is C23H30ClN5O8S2. The largest absolute Gasteiger partial charge is 0.445 e. The van der Waals surface area contributed by atoms with Crippen LogP contribution in [0.3, 0.4) is 0 Å². The molecule has 13 nitrogen and oxygen atoms in total. The number of esters is 2. The number of ether oxygens (including phenoxy) is 3. The van der Waals surface area contributed by atoms with E-state index in [2.05, 4.69) is 10.3 Å². The molecule has 39 heavy (non-hydrogen) atoms. The number of hydrogen-bond donors (Lipinski definition) is 3. The summed E-state index contributed by atoms with van der Waals surface area (Å²) in [5.41, 5.74) is 10.7. The summed E-state index contributed by atoms with van der Waals surface area (Å²) < 4.78 is 14.9. The van der Waals surface area contributed by atoms with E-state index < -0.39 is 53.5 Å². The fourth-order valence-electron chi connectivity index (χ4n) is 3.51. The van der Waals surface area contributed by atoms with Crippen LogP contribution < -0.4 is 16.8 Å². The van der Waals surface area contributed by atoms with Crippen LogP contribution in [0.25, 0.3) is 5.57 Å². The lowest BCUT2D eigenvalue weighted by Crippen LogP contribution is -2.70. The molecule has 1 aromatic rings. The standard InChI is InChI=1S/C23H29N5O8S2.ClH/c1-5-6-12(13-9-38-21(24)26-13)16(29)27-14-17(30)28-15(11(7-34-22(25)33)8-37-18(14)28)19(31)35-10-36-20(32)23(2,3)4;/h6,9,14,18H,5,7-8,10H2,1-4H3,(H2,24,26)(H2,25,33)(H,27,29);1H/b12-6+;. The highest BCUT2D eigenvalue weighted by Gasteiger charge is 2.54. The van der Waals surface area contributed by atoms with Gasteiger partial charge in [-0.05, 0) is 27.2 Å². The van der Waals surface area contributed by atoms with Crippen molar-refractivity contribution >= 4 is 76.1 Å². The van der Waals surface area contributed by atoms with Crippen molar-refractivity contribution in [3.63, 3.8) is 0 Å². The molecule has 214 valence electrons. The smallest absolute Gasteiger partial charge is 0.404 e. The molecule has 2 unspecified atom stereocenters. The fourth-order valence-corrected chi connectivity index (χ4v) is 5.40. The summed E-state index contributed by atoms with van der Waals surface area (Å²) in [5.74, 6) is -2.45. The zero-order valence-corrected chi connectivity index (χ0v) is 24.1. The molecule has 16 heteroatoms. The van der Waals surface area contributed by atoms with Crippen molar-refractivity contribution in [2.45, 2.75) is 45.5 Å². The van der Waals surface area contributed by atoms with Crippen LogP contribution in [0.5, 0.6) is 0 Å². The van der Waals surface area contributed by atoms with E-state index in [0.717, 1.165) is 4.90 Å². The quantitative estimate of drug-likeness (QED) is 0.161. The number of halogens is 1. The second kappa shape index (κ2) is 13.2. The Balaban J connectivity index is 0.00000533. The minimum atomic E-state index is -1.06. The van der Waals surface area contributed by atoms with Crippen LogP contribution in [0.1, 0.15) is 39.8 Å². The number of hydrogen-bond acceptors (Lipinski definition) is 12. The Hall–Kier alpha value is -3.30. The first-order chi connectivity index (χ1) is 17.8. The van der Waals surface area contributed by atoms with Crippen LogP contribution in [-0.2, 0) is 33.4 Å². The molecule has 5 N–H and O–H groups in total. The lowest BCUT2D eigenvalue weighted by atomic mass is 9.98. The van der Waals surface area contributed by atoms with E-state index in [0.29, 0.717) is 17.2 Å². The number of thiazole rings is 1. The van der Waals surface area contributed by atoms with Gasteiger partial charge in [0.1, 0.15) is 23.7 Å². The highest BCUT2D eigenvalue weighted by Crippen LogP contribution is 2.41. The molecule has 0 aromatic carbocycles. The fraction of sp³-hybridized carbons (Fsp3) is 0.478. The second-order valence-electron chi connectivity index (χ2n) is 9.25. The molecule has 3 rings (SSSR count). The van der Waals surface area contributed by atoms with Crippen LogP contribution in [0.2, 0.25) is 0 Å². The molecule has 0 aliphatic carbocycles. The maximum absolute atomic E-state index is 13.1. The van der Waals surface area contributed by atoms with E-state index in [1.165, 1.54) is 23.1 Å². The molecule has 0 spiro atoms. The first-order valence-electron chi connectivity index (χ1n) is 11.5. The van der Waals surface area contributed by atoms with E-state index in [-0.39, 0.29) is 41.6 Å². The highest BCUT2D eigenvalue weighted by molar-refractivity contribution is 8.00. The summed E-state index contributed by atoms with van der Waals surface area (Å²) in [6, 6.07) is -0.941. The Labute approximate surface area is 239 Å². The Morgan fingerprint density at radius 3 is 2.49 bits per heavy atom. The number of fused-ring (bicyclic) bond motifs is 1. The summed E-state index contributed by atoms with van der Waals surface area (Å²) in [6.45, 7) is 5.74. The third-order valence-corrected chi connectivity index (χ3v) is 7.37. The van der Waals surface area contributed by atoms with Gasteiger partial charge in [-0.2, -0.15) is 0 Å². The SMILES string of the molecule is CC/C=C(/C(=O)NC1C(=O)N2C(C(=O)OCOC(=O)C(C)(C)C)=C(COC(N)=O)CSC12)c1csc(N)n1.Cl. The van der Waals surface area contributed by atoms with Crippen molar-refractivity contribution in [1.29, 1.82) is 0 Å². The molecule has 0 radical (unpaired) electrons. The minimum Gasteiger partial charge on any atom is -0.445 e. The molecule has 1 saturated heterocycles. The van der Waals surface area contributed by atoms with Crippen molar-refractivity contribution in [2.24, 2.45) is 11.1 Å². The van der Waals surface area contributed by atoms with Gasteiger partial charge in [0.2, 0.25) is 6.79 Å². The Morgan fingerprint density at radius 2 is 1.92 bits per heavy atom. The van der Waals surface area contributed by atoms with Gasteiger partial charge in [-0.3, -0.25) is 19.3 Å². The minimum absolute atomic E-state index is 0. The van der Waals surface area contributed by atoms with E-state index in [1.807, 2.05) is 6.92 Å². The monoisotopic (exact) mass is 603 g/mol. The number of nitrogens with one attached hydrogen (secondary N) is 1. The van der Waals surface area contributed by atoms with Gasteiger partial charge in [0.25, 0.3) is 11.8 Å². The van der Waals surface area contributed by atoms with Crippen molar-refractivity contribution in [3.8, 4) is 0 Å². The lowest BCUT2D eigenvalue weighted by Gasteiger charge is -2.49. The molecular weight excluding hydrogens is 574 g/mol. The number of thioether (sulfide) groups is 1. The summed E-state index contributed by atoms with van der Waals surface area (Å²) in [4.78, 5) is 67.6. The molecule has 0 saturated carbocycles. The molecule has 3 amide bonds. The van der Waals surface area contributed by atoms with Crippen molar-refractivity contribution in [1.82, 2.24) is 15.2 Å². The third kappa shape index (κ3) is 7.42. The van der Waals surface area contributed by atoms with Gasteiger partial charge in [0, 0.05) is 16.7 Å². The Morgan fingerprint density at radius 1 is 1.23 bits per heavy atom. The first-order valence-corrected chi connectivity index (χ1v) is 13.4. The average Bonchev–Trinajstić information content (AvgIpc) is 3.28. The zero-order chi connectivity index (χ0) is 28.2. The average molecular weight is 604 g/mol. The van der Waals surface area contributed by atoms with Gasteiger partial charge in [-0.1, -0.05) is 13.0 Å². The van der Waals surface area contributed by atoms with E-state index >= 15 is 0 Å². The Bertz CT molecular complexity index is 1210. The maximum Gasteiger partial charge on any atom is 0.404 e. The molecule has 2 aliphatic rings. The molecule has 3 heterocycles. The third-order valence-electron chi connectivity index (χ3n) is 5.36. The number of β-lactam (4-membered cyclic amide) rings is 1. The van der Waals surface area contributed by atoms with Gasteiger partial charge in [0.05, 0.1) is 16.7 Å². The number of aromatic nitrogens is 1. The van der Waals surface area contributed by atoms with Gasteiger partial charge >= 0.3 is 18.0 Å². The van der Waals surface area contributed by atoms with Gasteiger partial charge in [-0.25, -0.2) is 14.6 Å². The number of nitrogens with two attached hydrogens (primary N) is 2. The summed E-state index contributed by atoms with van der Waals surface area (Å²) in [6.07, 6.45) is 1.17. The van der Waals surface area contributed by atoms with Crippen molar-refractivity contribution in [3.05, 3.63) is 28.4 Å². The van der Waals surface area contributed by atoms with E-state index in [9.17, 15) is 24.0 Å². The predicted octanol–water partition coefficient (Wildman–Crippen LogP) is 1.78. The number of carbonyl (C=O) groups is 5. The summed E-state index contributed by atoms with van der Waals surface area (Å²) in [5, 5.41) is 4.03. The number of rotatable bonds is 9. The number of amides is 3. The molecule has 1 fully saturated rings. The normalized spacial score (nSPS) is 18.8. The van der Waals surface area contributed by atoms with Gasteiger partial charge in [-0.15, -0.1) is 35.5 Å².